The van der Waals surface area contributed by atoms with Crippen molar-refractivity contribution >= 4 is 16.9 Å². The topological polar surface area (TPSA) is 50.4 Å². The average molecular weight is 259 g/mol. The molecular formula is C13H13N3OS. The van der Waals surface area contributed by atoms with E-state index in [1.54, 1.807) is 18.0 Å². The standard InChI is InChI=1S/C13H13N3OS/c1-2-4-10(5-3-1)12-9-18-13(15-12)14-8-11-6-7-17-16-11/h1-7,12H,8-9H2,(H,14,15). The van der Waals surface area contributed by atoms with Crippen LogP contribution in [0.5, 0.6) is 0 Å². The van der Waals surface area contributed by atoms with E-state index < -0.39 is 0 Å². The van der Waals surface area contributed by atoms with Crippen molar-refractivity contribution in [1.82, 2.24) is 10.5 Å². The Morgan fingerprint density at radius 3 is 3.00 bits per heavy atom. The number of thioether (sulfide) groups is 1. The van der Waals surface area contributed by atoms with Gasteiger partial charge in [0.25, 0.3) is 0 Å². The van der Waals surface area contributed by atoms with Gasteiger partial charge in [-0.05, 0) is 5.56 Å². The molecule has 1 aromatic heterocycles. The molecule has 1 aliphatic heterocycles. The molecule has 2 heterocycles. The van der Waals surface area contributed by atoms with Gasteiger partial charge in [-0.25, -0.2) is 0 Å². The lowest BCUT2D eigenvalue weighted by Gasteiger charge is -2.09. The van der Waals surface area contributed by atoms with Crippen LogP contribution in [-0.2, 0) is 6.54 Å². The summed E-state index contributed by atoms with van der Waals surface area (Å²) in [7, 11) is 0. The molecule has 1 unspecified atom stereocenters. The van der Waals surface area contributed by atoms with E-state index in [-0.39, 0.29) is 0 Å². The van der Waals surface area contributed by atoms with Crippen molar-refractivity contribution in [2.24, 2.45) is 4.99 Å². The van der Waals surface area contributed by atoms with Crippen LogP contribution in [0, 0.1) is 0 Å². The molecule has 3 rings (SSSR count). The maximum atomic E-state index is 4.77. The number of aromatic nitrogens is 1. The molecular weight excluding hydrogens is 246 g/mol. The van der Waals surface area contributed by atoms with Gasteiger partial charge in [0.1, 0.15) is 12.0 Å². The van der Waals surface area contributed by atoms with Crippen molar-refractivity contribution < 1.29 is 4.52 Å². The molecule has 0 saturated carbocycles. The number of benzene rings is 1. The van der Waals surface area contributed by atoms with Crippen LogP contribution in [0.25, 0.3) is 0 Å². The summed E-state index contributed by atoms with van der Waals surface area (Å²) in [5.74, 6) is 1.02. The maximum Gasteiger partial charge on any atom is 0.157 e. The molecule has 0 amide bonds. The Balaban J connectivity index is 1.63. The fourth-order valence-corrected chi connectivity index (χ4v) is 2.80. The number of aliphatic imine (C=N–C) groups is 1. The molecule has 1 aromatic carbocycles. The van der Waals surface area contributed by atoms with Gasteiger partial charge < -0.3 is 9.84 Å². The highest BCUT2D eigenvalue weighted by Crippen LogP contribution is 2.25. The number of hydrogen-bond donors (Lipinski definition) is 1. The van der Waals surface area contributed by atoms with Crippen molar-refractivity contribution in [3.05, 3.63) is 53.9 Å². The quantitative estimate of drug-likeness (QED) is 0.920. The molecule has 4 nitrogen and oxygen atoms in total. The van der Waals surface area contributed by atoms with Crippen LogP contribution in [0.2, 0.25) is 0 Å². The van der Waals surface area contributed by atoms with E-state index in [9.17, 15) is 0 Å². The van der Waals surface area contributed by atoms with Gasteiger partial charge in [-0.1, -0.05) is 47.3 Å². The van der Waals surface area contributed by atoms with E-state index in [4.69, 9.17) is 4.52 Å². The first-order valence-electron chi connectivity index (χ1n) is 5.80. The Morgan fingerprint density at radius 2 is 2.22 bits per heavy atom. The molecule has 2 aromatic rings. The summed E-state index contributed by atoms with van der Waals surface area (Å²) in [6.45, 7) is 0.563. The minimum atomic E-state index is 0.354. The first-order chi connectivity index (χ1) is 8.92. The zero-order valence-corrected chi connectivity index (χ0v) is 10.6. The van der Waals surface area contributed by atoms with Crippen molar-refractivity contribution in [3.63, 3.8) is 0 Å². The molecule has 0 spiro atoms. The highest BCUT2D eigenvalue weighted by molar-refractivity contribution is 8.14. The average Bonchev–Trinajstić information content (AvgIpc) is 3.09. The molecule has 0 bridgehead atoms. The second-order valence-corrected chi connectivity index (χ2v) is 5.04. The van der Waals surface area contributed by atoms with Gasteiger partial charge in [0.2, 0.25) is 0 Å². The van der Waals surface area contributed by atoms with Crippen molar-refractivity contribution in [3.8, 4) is 0 Å². The lowest BCUT2D eigenvalue weighted by molar-refractivity contribution is 0.412. The Morgan fingerprint density at radius 1 is 1.33 bits per heavy atom. The number of hydrogen-bond acceptors (Lipinski definition) is 4. The number of rotatable bonds is 3. The predicted molar refractivity (Wildman–Crippen MR) is 72.4 cm³/mol. The van der Waals surface area contributed by atoms with Crippen molar-refractivity contribution in [2.75, 3.05) is 5.75 Å². The van der Waals surface area contributed by atoms with E-state index in [1.165, 1.54) is 5.56 Å². The molecule has 1 N–H and O–H groups in total. The summed E-state index contributed by atoms with van der Waals surface area (Å²) in [5.41, 5.74) is 2.16. The molecule has 0 radical (unpaired) electrons. The maximum absolute atomic E-state index is 4.77. The molecule has 1 fully saturated rings. The Bertz CT molecular complexity index is 524. The Hall–Kier alpha value is -1.75. The fourth-order valence-electron chi connectivity index (χ4n) is 1.82. The van der Waals surface area contributed by atoms with Crippen molar-refractivity contribution in [1.29, 1.82) is 0 Å². The molecule has 92 valence electrons. The third-order valence-electron chi connectivity index (χ3n) is 2.76. The number of nitrogens with one attached hydrogen (secondary N) is 1. The van der Waals surface area contributed by atoms with Crippen LogP contribution in [0.4, 0.5) is 0 Å². The zero-order chi connectivity index (χ0) is 12.2. The lowest BCUT2D eigenvalue weighted by Crippen LogP contribution is -2.19. The summed E-state index contributed by atoms with van der Waals surface area (Å²) in [6, 6.07) is 12.6. The van der Waals surface area contributed by atoms with Crippen LogP contribution in [-0.4, -0.2) is 16.1 Å². The van der Waals surface area contributed by atoms with E-state index in [2.05, 4.69) is 39.7 Å². The molecule has 5 heteroatoms. The molecule has 1 atom stereocenters. The third kappa shape index (κ3) is 2.56. The van der Waals surface area contributed by atoms with E-state index in [0.29, 0.717) is 12.6 Å². The van der Waals surface area contributed by atoms with Gasteiger partial charge in [-0.3, -0.25) is 4.99 Å². The zero-order valence-electron chi connectivity index (χ0n) is 9.74. The number of nitrogens with zero attached hydrogens (tertiary/aromatic N) is 2. The summed E-state index contributed by atoms with van der Waals surface area (Å²) >= 11 is 1.75. The Labute approximate surface area is 109 Å². The highest BCUT2D eigenvalue weighted by atomic mass is 32.2. The predicted octanol–water partition coefficient (Wildman–Crippen LogP) is 2.61. The third-order valence-corrected chi connectivity index (χ3v) is 3.78. The first-order valence-corrected chi connectivity index (χ1v) is 6.78. The fraction of sp³-hybridized carbons (Fsp3) is 0.231. The van der Waals surface area contributed by atoms with Crippen LogP contribution >= 0.6 is 11.8 Å². The smallest absolute Gasteiger partial charge is 0.157 e. The van der Waals surface area contributed by atoms with Gasteiger partial charge in [0.15, 0.2) is 5.17 Å². The molecule has 18 heavy (non-hydrogen) atoms. The van der Waals surface area contributed by atoms with Crippen LogP contribution in [0.15, 0.2) is 52.2 Å². The highest BCUT2D eigenvalue weighted by Gasteiger charge is 2.21. The largest absolute Gasteiger partial charge is 0.364 e. The van der Waals surface area contributed by atoms with Crippen molar-refractivity contribution in [2.45, 2.75) is 12.6 Å². The lowest BCUT2D eigenvalue weighted by atomic mass is 10.1. The minimum Gasteiger partial charge on any atom is -0.364 e. The molecule has 0 aliphatic carbocycles. The number of amidine groups is 1. The summed E-state index contributed by atoms with van der Waals surface area (Å²) in [4.78, 5) is 4.49. The van der Waals surface area contributed by atoms with E-state index in [1.807, 2.05) is 12.1 Å². The van der Waals surface area contributed by atoms with Gasteiger partial charge >= 0.3 is 0 Å². The second kappa shape index (κ2) is 5.27. The monoisotopic (exact) mass is 259 g/mol. The van der Waals surface area contributed by atoms with Gasteiger partial charge in [0, 0.05) is 11.8 Å². The van der Waals surface area contributed by atoms with Crippen LogP contribution in [0.1, 0.15) is 17.3 Å². The van der Waals surface area contributed by atoms with E-state index in [0.717, 1.165) is 16.6 Å². The summed E-state index contributed by atoms with van der Waals surface area (Å²) in [5, 5.41) is 8.24. The normalized spacial score (nSPS) is 21.1. The minimum absolute atomic E-state index is 0.354. The van der Waals surface area contributed by atoms with E-state index >= 15 is 0 Å². The van der Waals surface area contributed by atoms with Gasteiger partial charge in [-0.15, -0.1) is 0 Å². The second-order valence-electron chi connectivity index (χ2n) is 4.03. The summed E-state index contributed by atoms with van der Waals surface area (Å²) < 4.78 is 4.77. The van der Waals surface area contributed by atoms with Crippen LogP contribution in [0.3, 0.4) is 0 Å². The Kier molecular flexibility index (Phi) is 3.32. The first kappa shape index (κ1) is 11.3. The molecule has 1 aliphatic rings. The summed E-state index contributed by atoms with van der Waals surface area (Å²) in [6.07, 6.45) is 1.57. The van der Waals surface area contributed by atoms with Gasteiger partial charge in [-0.2, -0.15) is 0 Å². The van der Waals surface area contributed by atoms with Gasteiger partial charge in [0.05, 0.1) is 12.6 Å². The van der Waals surface area contributed by atoms with Crippen LogP contribution < -0.4 is 5.32 Å². The SMILES string of the molecule is c1ccc(C2CSC(=NCc3ccon3)N2)cc1. The molecule has 1 saturated heterocycles.